The number of alkyl carbamates (subject to hydrolysis) is 1. The molecule has 1 saturated carbocycles. The summed E-state index contributed by atoms with van der Waals surface area (Å²) in [6, 6.07) is 14.6. The summed E-state index contributed by atoms with van der Waals surface area (Å²) < 4.78 is 5.24. The predicted molar refractivity (Wildman–Crippen MR) is 92.4 cm³/mol. The Morgan fingerprint density at radius 2 is 2.00 bits per heavy atom. The third-order valence-corrected chi connectivity index (χ3v) is 4.34. The van der Waals surface area contributed by atoms with Gasteiger partial charge in [-0.05, 0) is 37.0 Å². The van der Waals surface area contributed by atoms with Crippen LogP contribution in [0.4, 0.5) is 4.79 Å². The van der Waals surface area contributed by atoms with E-state index in [1.165, 1.54) is 5.56 Å². The molecule has 1 atom stereocenters. The second kappa shape index (κ2) is 7.93. The van der Waals surface area contributed by atoms with Gasteiger partial charge in [0.15, 0.2) is 0 Å². The first kappa shape index (κ1) is 16.5. The number of carbonyl (C=O) groups is 1. The second-order valence-corrected chi connectivity index (χ2v) is 6.25. The zero-order valence-corrected chi connectivity index (χ0v) is 13.8. The van der Waals surface area contributed by atoms with Crippen LogP contribution in [0.5, 0.6) is 0 Å². The highest BCUT2D eigenvalue weighted by molar-refractivity contribution is 5.67. The van der Waals surface area contributed by atoms with Crippen molar-refractivity contribution in [2.45, 2.75) is 44.5 Å². The van der Waals surface area contributed by atoms with Crippen LogP contribution >= 0.6 is 0 Å². The van der Waals surface area contributed by atoms with Crippen molar-refractivity contribution in [1.29, 1.82) is 0 Å². The van der Waals surface area contributed by atoms with Crippen molar-refractivity contribution in [3.8, 4) is 0 Å². The molecule has 2 N–H and O–H groups in total. The minimum Gasteiger partial charge on any atom is -0.445 e. The molecule has 24 heavy (non-hydrogen) atoms. The van der Waals surface area contributed by atoms with Gasteiger partial charge in [0.25, 0.3) is 0 Å². The molecular formula is C19H23N3O2. The number of rotatable bonds is 6. The van der Waals surface area contributed by atoms with E-state index in [1.54, 1.807) is 6.20 Å². The molecule has 0 radical (unpaired) electrons. The fraction of sp³-hybridized carbons (Fsp3) is 0.368. The van der Waals surface area contributed by atoms with Gasteiger partial charge in [-0.25, -0.2) is 4.79 Å². The minimum atomic E-state index is -0.345. The summed E-state index contributed by atoms with van der Waals surface area (Å²) in [4.78, 5) is 16.0. The molecule has 1 heterocycles. The predicted octanol–water partition coefficient (Wildman–Crippen LogP) is 3.19. The first-order chi connectivity index (χ1) is 11.7. The summed E-state index contributed by atoms with van der Waals surface area (Å²) in [6.45, 7) is 2.44. The van der Waals surface area contributed by atoms with Crippen molar-refractivity contribution in [1.82, 2.24) is 15.6 Å². The van der Waals surface area contributed by atoms with E-state index in [0.29, 0.717) is 12.6 Å². The number of pyridine rings is 1. The van der Waals surface area contributed by atoms with E-state index in [4.69, 9.17) is 4.74 Å². The lowest BCUT2D eigenvalue weighted by Gasteiger charge is -2.37. The van der Waals surface area contributed by atoms with Crippen LogP contribution < -0.4 is 10.6 Å². The Morgan fingerprint density at radius 1 is 1.21 bits per heavy atom. The van der Waals surface area contributed by atoms with Crippen LogP contribution in [-0.2, 0) is 11.3 Å². The Bertz CT molecular complexity index is 642. The highest BCUT2D eigenvalue weighted by Gasteiger charge is 2.31. The Hall–Kier alpha value is -2.40. The molecule has 5 heteroatoms. The standard InChI is InChI=1S/C19H23N3O2/c1-14(16-8-5-9-20-12-16)21-17-10-18(11-17)22-19(23)24-13-15-6-3-2-4-7-15/h2-9,12,14,17-18,21H,10-11,13H2,1H3,(H,22,23)/t14-,17?,18?/m0/s1. The molecule has 1 amide bonds. The molecule has 0 unspecified atom stereocenters. The molecule has 1 aromatic carbocycles. The number of hydrogen-bond acceptors (Lipinski definition) is 4. The van der Waals surface area contributed by atoms with Crippen molar-refractivity contribution in [2.24, 2.45) is 0 Å². The van der Waals surface area contributed by atoms with Gasteiger partial charge in [-0.1, -0.05) is 36.4 Å². The number of benzene rings is 1. The lowest BCUT2D eigenvalue weighted by molar-refractivity contribution is 0.124. The number of aromatic nitrogens is 1. The lowest BCUT2D eigenvalue weighted by atomic mass is 9.86. The smallest absolute Gasteiger partial charge is 0.407 e. The topological polar surface area (TPSA) is 63.2 Å². The highest BCUT2D eigenvalue weighted by Crippen LogP contribution is 2.23. The third-order valence-electron chi connectivity index (χ3n) is 4.34. The number of nitrogens with zero attached hydrogens (tertiary/aromatic N) is 1. The van der Waals surface area contributed by atoms with E-state index in [9.17, 15) is 4.79 Å². The molecule has 1 aliphatic carbocycles. The Kier molecular flexibility index (Phi) is 5.43. The molecule has 0 spiro atoms. The molecule has 1 aliphatic rings. The van der Waals surface area contributed by atoms with Crippen LogP contribution in [0.15, 0.2) is 54.9 Å². The fourth-order valence-corrected chi connectivity index (χ4v) is 2.89. The monoisotopic (exact) mass is 325 g/mol. The minimum absolute atomic E-state index is 0.187. The van der Waals surface area contributed by atoms with Gasteiger partial charge < -0.3 is 15.4 Å². The molecular weight excluding hydrogens is 302 g/mol. The Balaban J connectivity index is 1.34. The molecule has 5 nitrogen and oxygen atoms in total. The van der Waals surface area contributed by atoms with Gasteiger partial charge in [0, 0.05) is 30.5 Å². The van der Waals surface area contributed by atoms with Gasteiger partial charge in [0.05, 0.1) is 0 Å². The summed E-state index contributed by atoms with van der Waals surface area (Å²) in [7, 11) is 0. The van der Waals surface area contributed by atoms with E-state index in [2.05, 4.69) is 28.6 Å². The zero-order valence-electron chi connectivity index (χ0n) is 13.8. The van der Waals surface area contributed by atoms with Crippen LogP contribution in [-0.4, -0.2) is 23.2 Å². The van der Waals surface area contributed by atoms with E-state index < -0.39 is 0 Å². The third kappa shape index (κ3) is 4.55. The van der Waals surface area contributed by atoms with E-state index in [1.807, 2.05) is 42.6 Å². The SMILES string of the molecule is C[C@H](NC1CC(NC(=O)OCc2ccccc2)C1)c1cccnc1. The van der Waals surface area contributed by atoms with Crippen molar-refractivity contribution in [3.05, 3.63) is 66.0 Å². The van der Waals surface area contributed by atoms with Crippen LogP contribution in [0.3, 0.4) is 0 Å². The molecule has 1 aromatic heterocycles. The largest absolute Gasteiger partial charge is 0.445 e. The van der Waals surface area contributed by atoms with Crippen molar-refractivity contribution in [2.75, 3.05) is 0 Å². The molecule has 1 fully saturated rings. The maximum atomic E-state index is 11.8. The van der Waals surface area contributed by atoms with E-state index in [0.717, 1.165) is 18.4 Å². The zero-order chi connectivity index (χ0) is 16.8. The molecule has 3 rings (SSSR count). The van der Waals surface area contributed by atoms with Gasteiger partial charge in [-0.15, -0.1) is 0 Å². The summed E-state index contributed by atoms with van der Waals surface area (Å²) in [5.74, 6) is 0. The second-order valence-electron chi connectivity index (χ2n) is 6.25. The molecule has 126 valence electrons. The average Bonchev–Trinajstić information content (AvgIpc) is 2.59. The molecule has 0 bridgehead atoms. The number of ether oxygens (including phenoxy) is 1. The maximum Gasteiger partial charge on any atom is 0.407 e. The van der Waals surface area contributed by atoms with Crippen molar-refractivity contribution < 1.29 is 9.53 Å². The molecule has 2 aromatic rings. The van der Waals surface area contributed by atoms with Crippen LogP contribution in [0.1, 0.15) is 36.9 Å². The van der Waals surface area contributed by atoms with Gasteiger partial charge in [0.1, 0.15) is 6.61 Å². The maximum absolute atomic E-state index is 11.8. The van der Waals surface area contributed by atoms with E-state index >= 15 is 0 Å². The lowest BCUT2D eigenvalue weighted by Crippen LogP contribution is -2.52. The first-order valence-electron chi connectivity index (χ1n) is 8.34. The number of hydrogen-bond donors (Lipinski definition) is 2. The highest BCUT2D eigenvalue weighted by atomic mass is 16.5. The molecule has 0 aliphatic heterocycles. The summed E-state index contributed by atoms with van der Waals surface area (Å²) in [5, 5.41) is 6.48. The number of carbonyl (C=O) groups excluding carboxylic acids is 1. The fourth-order valence-electron chi connectivity index (χ4n) is 2.89. The summed E-state index contributed by atoms with van der Waals surface area (Å²) in [6.07, 6.45) is 5.16. The van der Waals surface area contributed by atoms with Crippen molar-refractivity contribution >= 4 is 6.09 Å². The number of amides is 1. The summed E-state index contributed by atoms with van der Waals surface area (Å²) in [5.41, 5.74) is 2.17. The van der Waals surface area contributed by atoms with Gasteiger partial charge >= 0.3 is 6.09 Å². The summed E-state index contributed by atoms with van der Waals surface area (Å²) >= 11 is 0. The average molecular weight is 325 g/mol. The van der Waals surface area contributed by atoms with Crippen LogP contribution in [0.2, 0.25) is 0 Å². The van der Waals surface area contributed by atoms with Gasteiger partial charge in [-0.2, -0.15) is 0 Å². The van der Waals surface area contributed by atoms with Crippen LogP contribution in [0.25, 0.3) is 0 Å². The van der Waals surface area contributed by atoms with Crippen LogP contribution in [0, 0.1) is 0 Å². The van der Waals surface area contributed by atoms with E-state index in [-0.39, 0.29) is 18.2 Å². The molecule has 0 saturated heterocycles. The van der Waals surface area contributed by atoms with Gasteiger partial charge in [0.2, 0.25) is 0 Å². The Morgan fingerprint density at radius 3 is 2.71 bits per heavy atom. The normalized spacial score (nSPS) is 20.7. The quantitative estimate of drug-likeness (QED) is 0.856. The first-order valence-corrected chi connectivity index (χ1v) is 8.34. The number of nitrogens with one attached hydrogen (secondary N) is 2. The van der Waals surface area contributed by atoms with Gasteiger partial charge in [-0.3, -0.25) is 4.98 Å². The Labute approximate surface area is 142 Å². The van der Waals surface area contributed by atoms with Crippen molar-refractivity contribution in [3.63, 3.8) is 0 Å².